The van der Waals surface area contributed by atoms with Gasteiger partial charge < -0.3 is 10.2 Å². The van der Waals surface area contributed by atoms with Crippen LogP contribution in [-0.2, 0) is 17.8 Å². The van der Waals surface area contributed by atoms with E-state index in [1.807, 2.05) is 28.8 Å². The number of aromatic nitrogens is 2. The molecule has 3 atom stereocenters. The Hall–Kier alpha value is -1.66. The smallest absolute Gasteiger partial charge is 0.239 e. The van der Waals surface area contributed by atoms with Gasteiger partial charge in [0.15, 0.2) is 0 Å². The Balaban J connectivity index is 1.57. The zero-order chi connectivity index (χ0) is 16.4. The van der Waals surface area contributed by atoms with Crippen LogP contribution in [0.2, 0.25) is 0 Å². The molecule has 3 rings (SSSR count). The molecule has 5 nitrogen and oxygen atoms in total. The van der Waals surface area contributed by atoms with Crippen LogP contribution >= 0.6 is 11.3 Å². The lowest BCUT2D eigenvalue weighted by Gasteiger charge is -2.32. The van der Waals surface area contributed by atoms with Crippen molar-refractivity contribution in [3.63, 3.8) is 0 Å². The molecule has 23 heavy (non-hydrogen) atoms. The maximum Gasteiger partial charge on any atom is 0.239 e. The van der Waals surface area contributed by atoms with Crippen molar-refractivity contribution in [2.45, 2.75) is 51.9 Å². The molecule has 124 valence electrons. The second-order valence-corrected chi connectivity index (χ2v) is 7.28. The van der Waals surface area contributed by atoms with E-state index in [4.69, 9.17) is 0 Å². The van der Waals surface area contributed by atoms with Gasteiger partial charge in [0, 0.05) is 36.4 Å². The number of amides is 1. The highest BCUT2D eigenvalue weighted by molar-refractivity contribution is 7.10. The second kappa shape index (κ2) is 6.84. The number of fused-ring (bicyclic) bond motifs is 1. The third-order valence-corrected chi connectivity index (χ3v) is 5.69. The Morgan fingerprint density at radius 1 is 1.39 bits per heavy atom. The Kier molecular flexibility index (Phi) is 4.82. The van der Waals surface area contributed by atoms with Gasteiger partial charge in [-0.2, -0.15) is 5.10 Å². The monoisotopic (exact) mass is 332 g/mol. The minimum atomic E-state index is -0.191. The van der Waals surface area contributed by atoms with Crippen molar-refractivity contribution in [1.29, 1.82) is 0 Å². The average Bonchev–Trinajstić information content (AvgIpc) is 3.23. The molecule has 1 aliphatic heterocycles. The third kappa shape index (κ3) is 3.48. The van der Waals surface area contributed by atoms with Crippen LogP contribution in [0.1, 0.15) is 37.3 Å². The highest BCUT2D eigenvalue weighted by Crippen LogP contribution is 2.24. The van der Waals surface area contributed by atoms with E-state index in [1.165, 1.54) is 10.4 Å². The lowest BCUT2D eigenvalue weighted by molar-refractivity contribution is -0.134. The van der Waals surface area contributed by atoms with Crippen LogP contribution in [0.5, 0.6) is 0 Å². The van der Waals surface area contributed by atoms with Crippen molar-refractivity contribution >= 4 is 17.2 Å². The summed E-state index contributed by atoms with van der Waals surface area (Å²) in [4.78, 5) is 16.1. The molecule has 1 amide bonds. The van der Waals surface area contributed by atoms with Crippen LogP contribution in [-0.4, -0.2) is 39.2 Å². The van der Waals surface area contributed by atoms with Gasteiger partial charge in [-0.1, -0.05) is 0 Å². The predicted octanol–water partition coefficient (Wildman–Crippen LogP) is 2.46. The first-order valence-electron chi connectivity index (χ1n) is 8.15. The molecule has 0 spiro atoms. The highest BCUT2D eigenvalue weighted by Gasteiger charge is 2.27. The van der Waals surface area contributed by atoms with Crippen molar-refractivity contribution in [3.8, 4) is 0 Å². The fraction of sp³-hybridized carbons (Fsp3) is 0.529. The summed E-state index contributed by atoms with van der Waals surface area (Å²) in [5, 5.41) is 9.83. The number of nitrogens with zero attached hydrogens (tertiary/aromatic N) is 3. The van der Waals surface area contributed by atoms with E-state index < -0.39 is 0 Å². The van der Waals surface area contributed by atoms with Crippen LogP contribution in [0.4, 0.5) is 0 Å². The van der Waals surface area contributed by atoms with Gasteiger partial charge in [-0.05, 0) is 50.3 Å². The van der Waals surface area contributed by atoms with Gasteiger partial charge >= 0.3 is 0 Å². The largest absolute Gasteiger partial charge is 0.337 e. The van der Waals surface area contributed by atoms with E-state index in [-0.39, 0.29) is 24.0 Å². The van der Waals surface area contributed by atoms with Crippen molar-refractivity contribution in [2.75, 3.05) is 6.54 Å². The predicted molar refractivity (Wildman–Crippen MR) is 92.4 cm³/mol. The van der Waals surface area contributed by atoms with Gasteiger partial charge in [0.25, 0.3) is 0 Å². The van der Waals surface area contributed by atoms with E-state index in [2.05, 4.69) is 35.7 Å². The Morgan fingerprint density at radius 2 is 2.22 bits per heavy atom. The molecule has 6 heteroatoms. The summed E-state index contributed by atoms with van der Waals surface area (Å²) >= 11 is 1.80. The summed E-state index contributed by atoms with van der Waals surface area (Å²) in [6.07, 6.45) is 4.72. The summed E-state index contributed by atoms with van der Waals surface area (Å²) in [5.41, 5.74) is 1.31. The summed E-state index contributed by atoms with van der Waals surface area (Å²) in [7, 11) is 0. The van der Waals surface area contributed by atoms with Gasteiger partial charge in [0.1, 0.15) is 0 Å². The first kappa shape index (κ1) is 16.2. The number of hydrogen-bond donors (Lipinski definition) is 1. The maximum atomic E-state index is 12.7. The molecule has 0 bridgehead atoms. The zero-order valence-corrected chi connectivity index (χ0v) is 14.7. The molecule has 0 radical (unpaired) electrons. The number of rotatable bonds is 5. The minimum Gasteiger partial charge on any atom is -0.337 e. The van der Waals surface area contributed by atoms with Gasteiger partial charge in [-0.15, -0.1) is 11.3 Å². The van der Waals surface area contributed by atoms with Gasteiger partial charge in [0.05, 0.1) is 12.1 Å². The molecule has 1 N–H and O–H groups in total. The first-order chi connectivity index (χ1) is 11.1. The number of nitrogens with one attached hydrogen (secondary N) is 1. The van der Waals surface area contributed by atoms with Crippen molar-refractivity contribution in [1.82, 2.24) is 20.0 Å². The molecular formula is C17H24N4OS. The van der Waals surface area contributed by atoms with Gasteiger partial charge in [-0.25, -0.2) is 0 Å². The number of thiophene rings is 1. The van der Waals surface area contributed by atoms with Crippen LogP contribution in [0.15, 0.2) is 29.9 Å². The van der Waals surface area contributed by atoms with E-state index in [0.29, 0.717) is 0 Å². The zero-order valence-electron chi connectivity index (χ0n) is 13.9. The molecule has 0 saturated heterocycles. The minimum absolute atomic E-state index is 0.162. The maximum absolute atomic E-state index is 12.7. The molecule has 0 saturated carbocycles. The van der Waals surface area contributed by atoms with Gasteiger partial charge in [-0.3, -0.25) is 9.48 Å². The Morgan fingerprint density at radius 3 is 2.96 bits per heavy atom. The number of carbonyl (C=O) groups is 1. The van der Waals surface area contributed by atoms with E-state index >= 15 is 0 Å². The summed E-state index contributed by atoms with van der Waals surface area (Å²) in [5.74, 6) is 0.182. The fourth-order valence-corrected chi connectivity index (χ4v) is 3.96. The molecule has 0 aliphatic carbocycles. The highest BCUT2D eigenvalue weighted by atomic mass is 32.1. The average molecular weight is 332 g/mol. The molecule has 2 aromatic heterocycles. The van der Waals surface area contributed by atoms with Crippen LogP contribution in [0.3, 0.4) is 0 Å². The van der Waals surface area contributed by atoms with E-state index in [0.717, 1.165) is 19.5 Å². The normalized spacial score (nSPS) is 18.3. The van der Waals surface area contributed by atoms with Crippen molar-refractivity contribution < 1.29 is 4.79 Å². The number of carbonyl (C=O) groups excluding carboxylic acids is 1. The lowest BCUT2D eigenvalue weighted by atomic mass is 10.1. The Bertz CT molecular complexity index is 651. The van der Waals surface area contributed by atoms with Crippen molar-refractivity contribution in [3.05, 3.63) is 40.3 Å². The van der Waals surface area contributed by atoms with E-state index in [1.54, 1.807) is 17.5 Å². The quantitative estimate of drug-likeness (QED) is 0.915. The SMILES string of the molecule is C[C@H](N[C@@H](C)[C@H](C)n1cccn1)C(=O)N1CCc2sccc2C1. The van der Waals surface area contributed by atoms with Crippen LogP contribution in [0, 0.1) is 0 Å². The van der Waals surface area contributed by atoms with Crippen LogP contribution in [0.25, 0.3) is 0 Å². The standard InChI is InChI=1S/C17H24N4OS/c1-12(14(3)21-8-4-7-18-21)19-13(2)17(22)20-9-5-16-15(11-20)6-10-23-16/h4,6-8,10,12-14,19H,5,9,11H2,1-3H3/t12-,13-,14-/m0/s1. The molecule has 2 aromatic rings. The molecule has 3 heterocycles. The lowest BCUT2D eigenvalue weighted by Crippen LogP contribution is -2.50. The molecule has 1 aliphatic rings. The molecule has 0 fully saturated rings. The first-order valence-corrected chi connectivity index (χ1v) is 9.03. The molecule has 0 aromatic carbocycles. The van der Waals surface area contributed by atoms with Gasteiger partial charge in [0.2, 0.25) is 5.91 Å². The Labute approximate surface area is 141 Å². The topological polar surface area (TPSA) is 50.2 Å². The summed E-state index contributed by atoms with van der Waals surface area (Å²) in [6, 6.07) is 4.23. The number of hydrogen-bond acceptors (Lipinski definition) is 4. The molecule has 0 unspecified atom stereocenters. The fourth-order valence-electron chi connectivity index (χ4n) is 3.07. The van der Waals surface area contributed by atoms with Crippen molar-refractivity contribution in [2.24, 2.45) is 0 Å². The second-order valence-electron chi connectivity index (χ2n) is 6.28. The van der Waals surface area contributed by atoms with Crippen LogP contribution < -0.4 is 5.32 Å². The van der Waals surface area contributed by atoms with E-state index in [9.17, 15) is 4.79 Å². The summed E-state index contributed by atoms with van der Waals surface area (Å²) < 4.78 is 1.92. The summed E-state index contributed by atoms with van der Waals surface area (Å²) in [6.45, 7) is 7.73. The third-order valence-electron chi connectivity index (χ3n) is 4.67. The molecular weight excluding hydrogens is 308 g/mol.